The first-order valence-electron chi connectivity index (χ1n) is 12.2. The third-order valence-electron chi connectivity index (χ3n) is 5.78. The molecule has 0 spiro atoms. The number of hydrogen-bond acceptors (Lipinski definition) is 3. The van der Waals surface area contributed by atoms with Gasteiger partial charge < -0.3 is 15.0 Å². The Kier molecular flexibility index (Phi) is 9.96. The molecule has 0 aliphatic rings. The van der Waals surface area contributed by atoms with Gasteiger partial charge in [0, 0.05) is 27.4 Å². The molecule has 5 nitrogen and oxygen atoms in total. The van der Waals surface area contributed by atoms with Crippen LogP contribution in [0.1, 0.15) is 43.0 Å². The lowest BCUT2D eigenvalue weighted by Crippen LogP contribution is -2.55. The van der Waals surface area contributed by atoms with Gasteiger partial charge >= 0.3 is 0 Å². The predicted octanol–water partition coefficient (Wildman–Crippen LogP) is 6.76. The van der Waals surface area contributed by atoms with Crippen molar-refractivity contribution in [2.24, 2.45) is 0 Å². The van der Waals surface area contributed by atoms with Gasteiger partial charge in [-0.3, -0.25) is 9.59 Å². The third-order valence-corrected chi connectivity index (χ3v) is 7.53. The summed E-state index contributed by atoms with van der Waals surface area (Å²) in [7, 11) is 0. The van der Waals surface area contributed by atoms with Gasteiger partial charge in [-0.05, 0) is 81.1 Å². The molecular weight excluding hydrogens is 596 g/mol. The summed E-state index contributed by atoms with van der Waals surface area (Å²) in [5.41, 5.74) is 3.50. The van der Waals surface area contributed by atoms with Crippen LogP contribution in [-0.2, 0) is 22.6 Å². The molecule has 0 saturated carbocycles. The van der Waals surface area contributed by atoms with Crippen LogP contribution in [-0.4, -0.2) is 34.9 Å². The maximum atomic E-state index is 13.7. The van der Waals surface area contributed by atoms with Crippen molar-refractivity contribution in [2.45, 2.75) is 59.2 Å². The standard InChI is InChI=1S/C30H34Br2N2O3/c1-20-14-25(15-21(2)28(20)32)37-19-27(35)34(18-23-12-9-13-24(31)16-23)26(29(36)33-30(3,4)5)17-22-10-7-6-8-11-22/h6-16,26H,17-19H2,1-5H3,(H,33,36)/t26-/m1/s1. The minimum atomic E-state index is -0.718. The fourth-order valence-corrected chi connectivity index (χ4v) is 4.73. The van der Waals surface area contributed by atoms with E-state index < -0.39 is 11.6 Å². The van der Waals surface area contributed by atoms with Crippen LogP contribution in [0, 0.1) is 13.8 Å². The molecule has 0 saturated heterocycles. The van der Waals surface area contributed by atoms with E-state index in [2.05, 4.69) is 37.2 Å². The van der Waals surface area contributed by atoms with Crippen molar-refractivity contribution in [1.29, 1.82) is 0 Å². The van der Waals surface area contributed by atoms with Crippen LogP contribution in [0.15, 0.2) is 75.7 Å². The molecule has 0 heterocycles. The number of carbonyl (C=O) groups is 2. The minimum absolute atomic E-state index is 0.178. The second kappa shape index (κ2) is 12.7. The maximum Gasteiger partial charge on any atom is 0.261 e. The molecule has 7 heteroatoms. The summed E-state index contributed by atoms with van der Waals surface area (Å²) >= 11 is 7.09. The summed E-state index contributed by atoms with van der Waals surface area (Å²) in [5.74, 6) is 0.158. The zero-order valence-electron chi connectivity index (χ0n) is 22.0. The third kappa shape index (κ3) is 8.71. The fraction of sp³-hybridized carbons (Fsp3) is 0.333. The van der Waals surface area contributed by atoms with Crippen LogP contribution in [0.25, 0.3) is 0 Å². The summed E-state index contributed by atoms with van der Waals surface area (Å²) in [6.07, 6.45) is 0.388. The highest BCUT2D eigenvalue weighted by Crippen LogP contribution is 2.26. The molecule has 37 heavy (non-hydrogen) atoms. The molecule has 1 atom stereocenters. The highest BCUT2D eigenvalue weighted by atomic mass is 79.9. The van der Waals surface area contributed by atoms with Crippen LogP contribution in [0.5, 0.6) is 5.75 Å². The summed E-state index contributed by atoms with van der Waals surface area (Å²) < 4.78 is 7.88. The van der Waals surface area contributed by atoms with Crippen molar-refractivity contribution >= 4 is 43.7 Å². The Morgan fingerprint density at radius 1 is 0.919 bits per heavy atom. The Hall–Kier alpha value is -2.64. The lowest BCUT2D eigenvalue weighted by atomic mass is 10.0. The second-order valence-corrected chi connectivity index (χ2v) is 12.0. The summed E-state index contributed by atoms with van der Waals surface area (Å²) in [5, 5.41) is 3.08. The molecule has 0 aliphatic carbocycles. The lowest BCUT2D eigenvalue weighted by Gasteiger charge is -2.33. The van der Waals surface area contributed by atoms with Crippen LogP contribution in [0.4, 0.5) is 0 Å². The van der Waals surface area contributed by atoms with Gasteiger partial charge in [-0.1, -0.05) is 74.3 Å². The molecule has 0 bridgehead atoms. The number of hydrogen-bond donors (Lipinski definition) is 1. The van der Waals surface area contributed by atoms with Crippen LogP contribution < -0.4 is 10.1 Å². The van der Waals surface area contributed by atoms with Crippen molar-refractivity contribution < 1.29 is 14.3 Å². The van der Waals surface area contributed by atoms with E-state index in [1.54, 1.807) is 4.90 Å². The Morgan fingerprint density at radius 2 is 1.54 bits per heavy atom. The normalized spacial score (nSPS) is 12.1. The number of rotatable bonds is 9. The van der Waals surface area contributed by atoms with Crippen molar-refractivity contribution in [3.05, 3.63) is 97.9 Å². The summed E-state index contributed by atoms with van der Waals surface area (Å²) in [6, 6.07) is 20.6. The molecule has 0 aliphatic heterocycles. The zero-order chi connectivity index (χ0) is 27.2. The number of amides is 2. The first-order valence-corrected chi connectivity index (χ1v) is 13.8. The molecule has 1 N–H and O–H groups in total. The van der Waals surface area contributed by atoms with E-state index in [1.807, 2.05) is 101 Å². The SMILES string of the molecule is Cc1cc(OCC(=O)N(Cc2cccc(Br)c2)[C@H](Cc2ccccc2)C(=O)NC(C)(C)C)cc(C)c1Br. The molecule has 2 amide bonds. The van der Waals surface area contributed by atoms with Crippen molar-refractivity contribution in [1.82, 2.24) is 10.2 Å². The molecule has 3 aromatic carbocycles. The van der Waals surface area contributed by atoms with Gasteiger partial charge in [-0.15, -0.1) is 0 Å². The highest BCUT2D eigenvalue weighted by Gasteiger charge is 2.32. The van der Waals surface area contributed by atoms with E-state index in [1.165, 1.54) is 0 Å². The minimum Gasteiger partial charge on any atom is -0.484 e. The molecular formula is C30H34Br2N2O3. The number of nitrogens with zero attached hydrogens (tertiary/aromatic N) is 1. The predicted molar refractivity (Wildman–Crippen MR) is 156 cm³/mol. The number of aryl methyl sites for hydroxylation is 2. The molecule has 196 valence electrons. The van der Waals surface area contributed by atoms with Crippen molar-refractivity contribution in [3.63, 3.8) is 0 Å². The first-order chi connectivity index (χ1) is 17.4. The molecule has 0 unspecified atom stereocenters. The Labute approximate surface area is 236 Å². The van der Waals surface area contributed by atoms with Crippen LogP contribution >= 0.6 is 31.9 Å². The average Bonchev–Trinajstić information content (AvgIpc) is 2.82. The van der Waals surface area contributed by atoms with E-state index in [0.29, 0.717) is 12.2 Å². The molecule has 0 fully saturated rings. The monoisotopic (exact) mass is 628 g/mol. The van der Waals surface area contributed by atoms with Gasteiger partial charge in [0.05, 0.1) is 0 Å². The average molecular weight is 630 g/mol. The summed E-state index contributed by atoms with van der Waals surface area (Å²) in [6.45, 7) is 9.87. The fourth-order valence-electron chi connectivity index (χ4n) is 4.06. The number of nitrogens with one attached hydrogen (secondary N) is 1. The Balaban J connectivity index is 1.94. The van der Waals surface area contributed by atoms with Gasteiger partial charge in [0.15, 0.2) is 6.61 Å². The number of ether oxygens (including phenoxy) is 1. The van der Waals surface area contributed by atoms with Crippen molar-refractivity contribution in [2.75, 3.05) is 6.61 Å². The van der Waals surface area contributed by atoms with E-state index in [9.17, 15) is 9.59 Å². The Morgan fingerprint density at radius 3 is 2.14 bits per heavy atom. The number of benzene rings is 3. The van der Waals surface area contributed by atoms with E-state index in [-0.39, 0.29) is 25.0 Å². The van der Waals surface area contributed by atoms with Gasteiger partial charge in [0.25, 0.3) is 5.91 Å². The molecule has 0 radical (unpaired) electrons. The van der Waals surface area contributed by atoms with Gasteiger partial charge in [-0.2, -0.15) is 0 Å². The Bertz CT molecular complexity index is 1220. The van der Waals surface area contributed by atoms with Crippen LogP contribution in [0.2, 0.25) is 0 Å². The zero-order valence-corrected chi connectivity index (χ0v) is 25.1. The number of halogens is 2. The van der Waals surface area contributed by atoms with Gasteiger partial charge in [-0.25, -0.2) is 0 Å². The first kappa shape index (κ1) is 28.9. The van der Waals surface area contributed by atoms with E-state index >= 15 is 0 Å². The van der Waals surface area contributed by atoms with Crippen LogP contribution in [0.3, 0.4) is 0 Å². The number of carbonyl (C=O) groups excluding carboxylic acids is 2. The largest absolute Gasteiger partial charge is 0.484 e. The van der Waals surface area contributed by atoms with Crippen molar-refractivity contribution in [3.8, 4) is 5.75 Å². The van der Waals surface area contributed by atoms with E-state index in [0.717, 1.165) is 31.2 Å². The highest BCUT2D eigenvalue weighted by molar-refractivity contribution is 9.10. The summed E-state index contributed by atoms with van der Waals surface area (Å²) in [4.78, 5) is 29.0. The topological polar surface area (TPSA) is 58.6 Å². The van der Waals surface area contributed by atoms with E-state index in [4.69, 9.17) is 4.74 Å². The smallest absolute Gasteiger partial charge is 0.261 e. The second-order valence-electron chi connectivity index (χ2n) is 10.3. The quantitative estimate of drug-likeness (QED) is 0.284. The molecule has 3 aromatic rings. The lowest BCUT2D eigenvalue weighted by molar-refractivity contribution is -0.143. The maximum absolute atomic E-state index is 13.7. The van der Waals surface area contributed by atoms with Gasteiger partial charge in [0.1, 0.15) is 11.8 Å². The molecule has 3 rings (SSSR count). The molecule has 0 aromatic heterocycles. The van der Waals surface area contributed by atoms with Gasteiger partial charge in [0.2, 0.25) is 5.91 Å².